The number of sulfonamides is 1. The molecule has 4 saturated carbocycles. The van der Waals surface area contributed by atoms with Crippen molar-refractivity contribution < 1.29 is 37.1 Å². The molecular weight excluding hydrogens is 753 g/mol. The maximum Gasteiger partial charge on any atom is 0.408 e. The van der Waals surface area contributed by atoms with Gasteiger partial charge in [-0.15, -0.1) is 6.58 Å². The van der Waals surface area contributed by atoms with E-state index >= 15 is 0 Å². The lowest BCUT2D eigenvalue weighted by Crippen LogP contribution is -2.59. The summed E-state index contributed by atoms with van der Waals surface area (Å²) in [6.07, 6.45) is 11.9. The van der Waals surface area contributed by atoms with Gasteiger partial charge in [-0.3, -0.25) is 28.5 Å². The molecule has 2 bridgehead atoms. The lowest BCUT2D eigenvalue weighted by Gasteiger charge is -2.32. The molecule has 57 heavy (non-hydrogen) atoms. The summed E-state index contributed by atoms with van der Waals surface area (Å²) < 4.78 is 41.7. The Morgan fingerprint density at radius 2 is 1.77 bits per heavy atom. The number of nitrogens with zero attached hydrogens (tertiary/aromatic N) is 3. The van der Waals surface area contributed by atoms with Gasteiger partial charge in [-0.1, -0.05) is 37.1 Å². The van der Waals surface area contributed by atoms with Crippen LogP contribution in [0, 0.1) is 24.7 Å². The molecule has 15 nitrogen and oxygen atoms in total. The smallest absolute Gasteiger partial charge is 0.408 e. The van der Waals surface area contributed by atoms with E-state index in [9.17, 15) is 32.4 Å². The summed E-state index contributed by atoms with van der Waals surface area (Å²) >= 11 is 0. The molecular formula is C41H52N6O9S. The summed E-state index contributed by atoms with van der Waals surface area (Å²) in [5, 5.41) is 5.51. The third kappa shape index (κ3) is 7.93. The second-order valence-electron chi connectivity index (χ2n) is 16.8. The number of benzene rings is 1. The van der Waals surface area contributed by atoms with E-state index in [1.54, 1.807) is 12.1 Å². The zero-order valence-electron chi connectivity index (χ0n) is 32.3. The number of carbonyl (C=O) groups is 4. The summed E-state index contributed by atoms with van der Waals surface area (Å²) in [5.74, 6) is -2.59. The first-order chi connectivity index (χ1) is 27.4. The van der Waals surface area contributed by atoms with Crippen molar-refractivity contribution in [3.05, 3.63) is 58.9 Å². The molecule has 8 rings (SSSR count). The molecule has 306 valence electrons. The summed E-state index contributed by atoms with van der Waals surface area (Å²) in [6.45, 7) is 5.79. The molecule has 16 heteroatoms. The van der Waals surface area contributed by atoms with E-state index in [2.05, 4.69) is 21.9 Å². The van der Waals surface area contributed by atoms with Gasteiger partial charge in [-0.05, 0) is 101 Å². The highest BCUT2D eigenvalue weighted by molar-refractivity contribution is 7.91. The summed E-state index contributed by atoms with van der Waals surface area (Å²) in [7, 11) is -3.92. The molecule has 1 saturated heterocycles. The SMILES string of the molecule is C=C[C@@H]1C[C@]1(NC(=O)[C@@H]1C[C@@H]2CN1C(=O)[C@H](C1CCCC1)NC(=O)O[C@@H]1CCC[C@H]1CC/C=C\Cn1c(nc3cc(C)ccc3c1=O)O2)C(=O)NS(=O)(=O)C1CC1. The Labute approximate surface area is 332 Å². The van der Waals surface area contributed by atoms with Crippen LogP contribution in [0.15, 0.2) is 47.8 Å². The number of aryl methyl sites for hydroxylation is 1. The van der Waals surface area contributed by atoms with Crippen molar-refractivity contribution in [3.63, 3.8) is 0 Å². The number of aromatic nitrogens is 2. The third-order valence-electron chi connectivity index (χ3n) is 12.9. The maximum atomic E-state index is 14.9. The van der Waals surface area contributed by atoms with Crippen LogP contribution in [-0.4, -0.2) is 88.3 Å². The second kappa shape index (κ2) is 15.6. The first-order valence-electron chi connectivity index (χ1n) is 20.5. The fourth-order valence-electron chi connectivity index (χ4n) is 9.35. The maximum absolute atomic E-state index is 14.9. The predicted molar refractivity (Wildman–Crippen MR) is 209 cm³/mol. The van der Waals surface area contributed by atoms with Gasteiger partial charge in [0.2, 0.25) is 21.8 Å². The minimum Gasteiger partial charge on any atom is -0.459 e. The van der Waals surface area contributed by atoms with Crippen LogP contribution in [0.1, 0.15) is 89.0 Å². The number of hydrogen-bond acceptors (Lipinski definition) is 10. The van der Waals surface area contributed by atoms with Crippen LogP contribution in [0.5, 0.6) is 6.01 Å². The van der Waals surface area contributed by atoms with Crippen molar-refractivity contribution in [1.29, 1.82) is 0 Å². The van der Waals surface area contributed by atoms with E-state index in [4.69, 9.17) is 14.5 Å². The summed E-state index contributed by atoms with van der Waals surface area (Å²) in [5.41, 5.74) is -0.507. The highest BCUT2D eigenvalue weighted by Crippen LogP contribution is 2.45. The van der Waals surface area contributed by atoms with Gasteiger partial charge in [0.05, 0.1) is 22.7 Å². The van der Waals surface area contributed by atoms with Gasteiger partial charge >= 0.3 is 6.09 Å². The molecule has 7 atom stereocenters. The van der Waals surface area contributed by atoms with Crippen molar-refractivity contribution in [2.75, 3.05) is 6.54 Å². The second-order valence-corrected chi connectivity index (χ2v) is 18.8. The molecule has 1 aromatic carbocycles. The third-order valence-corrected chi connectivity index (χ3v) is 14.7. The van der Waals surface area contributed by atoms with Crippen molar-refractivity contribution >= 4 is 44.7 Å². The van der Waals surface area contributed by atoms with Crippen LogP contribution in [-0.2, 0) is 35.7 Å². The number of alkyl carbamates (subject to hydrolysis) is 1. The molecule has 4 amide bonds. The molecule has 5 fully saturated rings. The van der Waals surface area contributed by atoms with E-state index in [1.165, 1.54) is 15.5 Å². The molecule has 1 aromatic heterocycles. The molecule has 0 unspecified atom stereocenters. The number of ether oxygens (including phenoxy) is 2. The van der Waals surface area contributed by atoms with Crippen molar-refractivity contribution in [2.24, 2.45) is 17.8 Å². The number of carbonyl (C=O) groups excluding carboxylic acids is 4. The van der Waals surface area contributed by atoms with Gasteiger partial charge in [-0.25, -0.2) is 13.2 Å². The van der Waals surface area contributed by atoms with Crippen LogP contribution in [0.25, 0.3) is 10.9 Å². The van der Waals surface area contributed by atoms with Gasteiger partial charge in [0, 0.05) is 18.9 Å². The van der Waals surface area contributed by atoms with Gasteiger partial charge in [0.25, 0.3) is 17.5 Å². The number of amides is 4. The summed E-state index contributed by atoms with van der Waals surface area (Å²) in [6, 6.07) is 3.28. The predicted octanol–water partition coefficient (Wildman–Crippen LogP) is 3.53. The first kappa shape index (κ1) is 39.1. The van der Waals surface area contributed by atoms with E-state index in [0.29, 0.717) is 43.0 Å². The number of fused-ring (bicyclic) bond motifs is 5. The van der Waals surface area contributed by atoms with E-state index in [0.717, 1.165) is 44.1 Å². The van der Waals surface area contributed by atoms with Gasteiger partial charge < -0.3 is 25.0 Å². The highest BCUT2D eigenvalue weighted by Gasteiger charge is 2.62. The minimum atomic E-state index is -3.92. The number of rotatable bonds is 7. The normalized spacial score (nSPS) is 31.5. The number of allylic oxidation sites excluding steroid dienone is 2. The Hall–Kier alpha value is -4.73. The molecule has 6 aliphatic rings. The summed E-state index contributed by atoms with van der Waals surface area (Å²) in [4.78, 5) is 76.7. The minimum absolute atomic E-state index is 0.0302. The fourth-order valence-corrected chi connectivity index (χ4v) is 10.7. The monoisotopic (exact) mass is 804 g/mol. The Bertz CT molecular complexity index is 2160. The molecule has 0 radical (unpaired) electrons. The average molecular weight is 805 g/mol. The molecule has 3 N–H and O–H groups in total. The number of hydrogen-bond donors (Lipinski definition) is 3. The molecule has 4 aliphatic carbocycles. The van der Waals surface area contributed by atoms with Gasteiger partial charge in [0.15, 0.2) is 0 Å². The van der Waals surface area contributed by atoms with Crippen LogP contribution in [0.3, 0.4) is 0 Å². The van der Waals surface area contributed by atoms with Crippen LogP contribution in [0.2, 0.25) is 0 Å². The standard InChI is InChI=1S/C41H52N6O9S/c1-3-27-22-41(27,38(51)45-57(53,54)29-16-17-29)44-35(48)32-21-28-23-47(32)37(50)34(26-11-6-7-12-26)43-40(52)56-33-14-9-13-25(33)10-5-4-8-19-46-36(49)30-18-15-24(2)20-31(30)42-39(46)55-28/h3-4,8,15,18,20,25-29,32-34H,1,5-7,9-14,16-17,19,21-23H2,2H3,(H,43,52)(H,44,48)(H,45,51)/b8-4-/t25-,27-,28-,32+,33-,34+,41-/m1/s1. The quantitative estimate of drug-likeness (QED) is 0.349. The Morgan fingerprint density at radius 1 is 1.00 bits per heavy atom. The molecule has 0 spiro atoms. The molecule has 3 heterocycles. The van der Waals surface area contributed by atoms with Crippen LogP contribution in [0.4, 0.5) is 4.79 Å². The fraction of sp³-hybridized carbons (Fsp3) is 0.610. The van der Waals surface area contributed by atoms with Crippen molar-refractivity contribution in [1.82, 2.24) is 29.8 Å². The zero-order valence-corrected chi connectivity index (χ0v) is 33.1. The average Bonchev–Trinajstić information content (AvgIpc) is 3.96. The lowest BCUT2D eigenvalue weighted by atomic mass is 9.96. The zero-order chi connectivity index (χ0) is 40.1. The largest absolute Gasteiger partial charge is 0.459 e. The van der Waals surface area contributed by atoms with E-state index in [1.807, 2.05) is 25.1 Å². The highest BCUT2D eigenvalue weighted by atomic mass is 32.2. The number of nitrogens with one attached hydrogen (secondary N) is 3. The van der Waals surface area contributed by atoms with Gasteiger partial charge in [-0.2, -0.15) is 4.98 Å². The topological polar surface area (TPSA) is 195 Å². The first-order valence-corrected chi connectivity index (χ1v) is 22.0. The Kier molecular flexibility index (Phi) is 10.7. The molecule has 2 aromatic rings. The van der Waals surface area contributed by atoms with E-state index in [-0.39, 0.29) is 55.4 Å². The van der Waals surface area contributed by atoms with Crippen molar-refractivity contribution in [3.8, 4) is 6.01 Å². The molecule has 2 aliphatic heterocycles. The van der Waals surface area contributed by atoms with Crippen LogP contribution >= 0.6 is 0 Å². The van der Waals surface area contributed by atoms with Crippen molar-refractivity contribution in [2.45, 2.75) is 132 Å². The van der Waals surface area contributed by atoms with E-state index < -0.39 is 68.7 Å². The lowest BCUT2D eigenvalue weighted by molar-refractivity contribution is -0.142. The van der Waals surface area contributed by atoms with Crippen LogP contribution < -0.4 is 25.7 Å². The van der Waals surface area contributed by atoms with Gasteiger partial charge in [0.1, 0.15) is 29.8 Å². The Morgan fingerprint density at radius 3 is 2.51 bits per heavy atom. The Balaban J connectivity index is 1.15.